The van der Waals surface area contributed by atoms with Crippen molar-refractivity contribution in [2.24, 2.45) is 5.41 Å². The largest absolute Gasteiger partial charge is 0.298 e. The highest BCUT2D eigenvalue weighted by Gasteiger charge is 2.39. The third-order valence-corrected chi connectivity index (χ3v) is 6.33. The van der Waals surface area contributed by atoms with Crippen molar-refractivity contribution < 1.29 is 0 Å². The van der Waals surface area contributed by atoms with Crippen LogP contribution in [0, 0.1) is 5.41 Å². The molecule has 20 heavy (non-hydrogen) atoms. The number of fused-ring (bicyclic) bond motifs is 1. The molecule has 2 heterocycles. The minimum Gasteiger partial charge on any atom is -0.298 e. The van der Waals surface area contributed by atoms with Crippen LogP contribution in [0.4, 0.5) is 0 Å². The summed E-state index contributed by atoms with van der Waals surface area (Å²) in [5, 5.41) is 0. The molecule has 0 amide bonds. The lowest BCUT2D eigenvalue weighted by Gasteiger charge is -2.52. The Morgan fingerprint density at radius 3 is 2.40 bits per heavy atom. The van der Waals surface area contributed by atoms with Crippen molar-refractivity contribution in [1.82, 2.24) is 9.80 Å². The van der Waals surface area contributed by atoms with Crippen LogP contribution in [0.3, 0.4) is 0 Å². The van der Waals surface area contributed by atoms with Gasteiger partial charge in [0, 0.05) is 31.2 Å². The first-order valence-electron chi connectivity index (χ1n) is 9.09. The maximum absolute atomic E-state index is 2.93. The fourth-order valence-corrected chi connectivity index (χ4v) is 4.80. The van der Waals surface area contributed by atoms with Crippen molar-refractivity contribution in [1.29, 1.82) is 0 Å². The van der Waals surface area contributed by atoms with E-state index in [0.29, 0.717) is 5.41 Å². The molecule has 0 aromatic carbocycles. The summed E-state index contributed by atoms with van der Waals surface area (Å²) in [6, 6.07) is 2.59. The van der Waals surface area contributed by atoms with Crippen molar-refractivity contribution in [3.63, 3.8) is 0 Å². The van der Waals surface area contributed by atoms with Crippen LogP contribution in [0.25, 0.3) is 0 Å². The van der Waals surface area contributed by atoms with Crippen LogP contribution in [0.15, 0.2) is 0 Å². The maximum Gasteiger partial charge on any atom is 0.0224 e. The summed E-state index contributed by atoms with van der Waals surface area (Å²) >= 11 is 0. The lowest BCUT2D eigenvalue weighted by molar-refractivity contribution is -0.0310. The lowest BCUT2D eigenvalue weighted by atomic mass is 9.74. The van der Waals surface area contributed by atoms with E-state index in [1.54, 1.807) is 0 Å². The van der Waals surface area contributed by atoms with Crippen molar-refractivity contribution in [3.8, 4) is 0 Å². The van der Waals surface area contributed by atoms with Gasteiger partial charge in [-0.3, -0.25) is 9.80 Å². The first kappa shape index (κ1) is 14.8. The number of piperidine rings is 1. The van der Waals surface area contributed by atoms with Crippen molar-refractivity contribution >= 4 is 0 Å². The molecular formula is C18H34N2. The van der Waals surface area contributed by atoms with E-state index in [-0.39, 0.29) is 0 Å². The Labute approximate surface area is 125 Å². The lowest BCUT2D eigenvalue weighted by Crippen LogP contribution is -2.62. The van der Waals surface area contributed by atoms with E-state index in [0.717, 1.165) is 18.1 Å². The zero-order valence-electron chi connectivity index (χ0n) is 13.9. The van der Waals surface area contributed by atoms with Gasteiger partial charge in [0.05, 0.1) is 0 Å². The third-order valence-electron chi connectivity index (χ3n) is 6.33. The second-order valence-corrected chi connectivity index (χ2v) is 8.30. The minimum atomic E-state index is 0.602. The van der Waals surface area contributed by atoms with Gasteiger partial charge in [-0.25, -0.2) is 0 Å². The van der Waals surface area contributed by atoms with Gasteiger partial charge in [0.1, 0.15) is 0 Å². The van der Waals surface area contributed by atoms with Crippen molar-refractivity contribution in [2.45, 2.75) is 90.3 Å². The molecule has 0 spiro atoms. The summed E-state index contributed by atoms with van der Waals surface area (Å²) < 4.78 is 0. The van der Waals surface area contributed by atoms with Crippen LogP contribution in [0.1, 0.15) is 72.1 Å². The molecule has 3 rings (SSSR count). The molecule has 2 saturated heterocycles. The molecule has 0 aromatic heterocycles. The van der Waals surface area contributed by atoms with E-state index in [2.05, 4.69) is 30.6 Å². The fourth-order valence-electron chi connectivity index (χ4n) is 4.80. The smallest absolute Gasteiger partial charge is 0.0224 e. The summed E-state index contributed by atoms with van der Waals surface area (Å²) in [6.07, 6.45) is 11.4. The highest BCUT2D eigenvalue weighted by molar-refractivity contribution is 4.95. The van der Waals surface area contributed by atoms with Crippen LogP contribution in [0.5, 0.6) is 0 Å². The SMILES string of the molecule is CCC1CN2CCCCC2CN1C1CCC(C)(C)CC1. The predicted octanol–water partition coefficient (Wildman–Crippen LogP) is 3.90. The zero-order chi connectivity index (χ0) is 14.2. The van der Waals surface area contributed by atoms with Gasteiger partial charge >= 0.3 is 0 Å². The quantitative estimate of drug-likeness (QED) is 0.756. The number of rotatable bonds is 2. The van der Waals surface area contributed by atoms with Crippen LogP contribution in [0.2, 0.25) is 0 Å². The molecule has 0 aromatic rings. The van der Waals surface area contributed by atoms with Gasteiger partial charge in [0.2, 0.25) is 0 Å². The van der Waals surface area contributed by atoms with E-state index >= 15 is 0 Å². The van der Waals surface area contributed by atoms with Gasteiger partial charge in [-0.15, -0.1) is 0 Å². The van der Waals surface area contributed by atoms with Gasteiger partial charge in [-0.1, -0.05) is 27.2 Å². The summed E-state index contributed by atoms with van der Waals surface area (Å²) in [6.45, 7) is 11.4. The van der Waals surface area contributed by atoms with E-state index in [9.17, 15) is 0 Å². The van der Waals surface area contributed by atoms with Gasteiger partial charge in [0.25, 0.3) is 0 Å². The first-order valence-corrected chi connectivity index (χ1v) is 9.09. The second-order valence-electron chi connectivity index (χ2n) is 8.30. The average molecular weight is 278 g/mol. The van der Waals surface area contributed by atoms with Crippen LogP contribution < -0.4 is 0 Å². The van der Waals surface area contributed by atoms with Gasteiger partial charge in [0.15, 0.2) is 0 Å². The predicted molar refractivity (Wildman–Crippen MR) is 86.0 cm³/mol. The standard InChI is InChI=1S/C18H34N2/c1-4-15-13-19-12-6-5-7-17(19)14-20(15)16-8-10-18(2,3)11-9-16/h15-17H,4-14H2,1-3H3. The molecule has 0 radical (unpaired) electrons. The first-order chi connectivity index (χ1) is 9.59. The molecule has 2 nitrogen and oxygen atoms in total. The summed E-state index contributed by atoms with van der Waals surface area (Å²) in [5.41, 5.74) is 0.602. The second kappa shape index (κ2) is 5.96. The molecule has 0 N–H and O–H groups in total. The normalized spacial score (nSPS) is 36.8. The van der Waals surface area contributed by atoms with E-state index in [1.807, 2.05) is 0 Å². The van der Waals surface area contributed by atoms with Crippen molar-refractivity contribution in [2.75, 3.05) is 19.6 Å². The number of nitrogens with zero attached hydrogens (tertiary/aromatic N) is 2. The van der Waals surface area contributed by atoms with E-state index < -0.39 is 0 Å². The van der Waals surface area contributed by atoms with Crippen LogP contribution in [-0.2, 0) is 0 Å². The maximum atomic E-state index is 2.93. The Hall–Kier alpha value is -0.0800. The molecule has 1 saturated carbocycles. The van der Waals surface area contributed by atoms with Crippen LogP contribution in [-0.4, -0.2) is 47.6 Å². The Balaban J connectivity index is 1.65. The highest BCUT2D eigenvalue weighted by atomic mass is 15.3. The number of piperazine rings is 1. The average Bonchev–Trinajstić information content (AvgIpc) is 2.46. The molecule has 2 heteroatoms. The van der Waals surface area contributed by atoms with Crippen LogP contribution >= 0.6 is 0 Å². The van der Waals surface area contributed by atoms with E-state index in [1.165, 1.54) is 71.0 Å². The van der Waals surface area contributed by atoms with Crippen molar-refractivity contribution in [3.05, 3.63) is 0 Å². The molecule has 3 aliphatic rings. The summed E-state index contributed by atoms with van der Waals surface area (Å²) in [7, 11) is 0. The molecule has 2 atom stereocenters. The van der Waals surface area contributed by atoms with E-state index in [4.69, 9.17) is 0 Å². The number of hydrogen-bond acceptors (Lipinski definition) is 2. The number of hydrogen-bond donors (Lipinski definition) is 0. The molecule has 2 unspecified atom stereocenters. The monoisotopic (exact) mass is 278 g/mol. The molecule has 116 valence electrons. The van der Waals surface area contributed by atoms with Gasteiger partial charge in [-0.05, 0) is 56.9 Å². The third kappa shape index (κ3) is 3.06. The highest BCUT2D eigenvalue weighted by Crippen LogP contribution is 2.39. The topological polar surface area (TPSA) is 6.48 Å². The zero-order valence-corrected chi connectivity index (χ0v) is 13.9. The molecule has 1 aliphatic carbocycles. The Kier molecular flexibility index (Phi) is 4.42. The molecule has 3 fully saturated rings. The Bertz CT molecular complexity index is 315. The Morgan fingerprint density at radius 1 is 0.950 bits per heavy atom. The van der Waals surface area contributed by atoms with Gasteiger partial charge in [-0.2, -0.15) is 0 Å². The summed E-state index contributed by atoms with van der Waals surface area (Å²) in [5.74, 6) is 0. The fraction of sp³-hybridized carbons (Fsp3) is 1.00. The Morgan fingerprint density at radius 2 is 1.70 bits per heavy atom. The van der Waals surface area contributed by atoms with Gasteiger partial charge < -0.3 is 0 Å². The minimum absolute atomic E-state index is 0.602. The molecule has 0 bridgehead atoms. The summed E-state index contributed by atoms with van der Waals surface area (Å²) in [4.78, 5) is 5.74. The molecule has 2 aliphatic heterocycles. The molecular weight excluding hydrogens is 244 g/mol.